The summed E-state index contributed by atoms with van der Waals surface area (Å²) in [6.07, 6.45) is 6.23. The molecule has 0 aromatic rings. The summed E-state index contributed by atoms with van der Waals surface area (Å²) in [5, 5.41) is 1.29. The number of thiocarbonyl (C=S) groups is 1. The van der Waals surface area contributed by atoms with Gasteiger partial charge in [0.1, 0.15) is 5.92 Å². The first-order valence-electron chi connectivity index (χ1n) is 6.17. The molecule has 1 amide bonds. The Labute approximate surface area is 116 Å². The van der Waals surface area contributed by atoms with Gasteiger partial charge in [-0.25, -0.2) is 4.99 Å². The zero-order valence-electron chi connectivity index (χ0n) is 10.0. The van der Waals surface area contributed by atoms with Crippen LogP contribution in [0.3, 0.4) is 0 Å². The Balaban J connectivity index is 1.98. The van der Waals surface area contributed by atoms with Crippen molar-refractivity contribution >= 4 is 40.0 Å². The normalized spacial score (nSPS) is 27.0. The first-order chi connectivity index (χ1) is 8.72. The maximum absolute atomic E-state index is 12.5. The smallest absolute Gasteiger partial charge is 0.242 e. The van der Waals surface area contributed by atoms with E-state index in [0.717, 1.165) is 17.9 Å². The minimum atomic E-state index is -0.142. The molecule has 1 atom stereocenters. The van der Waals surface area contributed by atoms with Gasteiger partial charge in [0, 0.05) is 6.54 Å². The Hall–Kier alpha value is -0.940. The van der Waals surface area contributed by atoms with Crippen LogP contribution in [-0.2, 0) is 4.79 Å². The summed E-state index contributed by atoms with van der Waals surface area (Å²) in [4.78, 5) is 19.9. The standard InChI is InChI=1S/C13H14N2OS2/c1-2-7-15-12(16)10-8-5-3-4-6-9(8)18-11(10)14-13(15)17/h2,10H,1,3-7H2. The van der Waals surface area contributed by atoms with Crippen LogP contribution in [0.4, 0.5) is 0 Å². The van der Waals surface area contributed by atoms with Crippen LogP contribution in [0.5, 0.6) is 0 Å². The quantitative estimate of drug-likeness (QED) is 0.575. The molecule has 0 saturated heterocycles. The molecule has 5 heteroatoms. The lowest BCUT2D eigenvalue weighted by Gasteiger charge is -2.29. The number of aliphatic imine (C=N–C) groups is 1. The summed E-state index contributed by atoms with van der Waals surface area (Å²) in [6, 6.07) is 0. The molecule has 0 aromatic carbocycles. The largest absolute Gasteiger partial charge is 0.283 e. The van der Waals surface area contributed by atoms with Crippen molar-refractivity contribution in [2.45, 2.75) is 25.7 Å². The van der Waals surface area contributed by atoms with Crippen molar-refractivity contribution in [1.29, 1.82) is 0 Å². The van der Waals surface area contributed by atoms with Gasteiger partial charge >= 0.3 is 0 Å². The molecule has 0 radical (unpaired) electrons. The average Bonchev–Trinajstić information content (AvgIpc) is 2.72. The highest BCUT2D eigenvalue weighted by atomic mass is 32.2. The van der Waals surface area contributed by atoms with Crippen LogP contribution in [0.15, 0.2) is 28.1 Å². The molecule has 18 heavy (non-hydrogen) atoms. The van der Waals surface area contributed by atoms with Gasteiger partial charge in [-0.05, 0) is 48.4 Å². The second-order valence-corrected chi connectivity index (χ2v) is 6.14. The van der Waals surface area contributed by atoms with Crippen LogP contribution in [-0.4, -0.2) is 27.5 Å². The Kier molecular flexibility index (Phi) is 3.11. The van der Waals surface area contributed by atoms with Crippen LogP contribution in [0.2, 0.25) is 0 Å². The molecule has 3 aliphatic rings. The minimum Gasteiger partial charge on any atom is -0.283 e. The minimum absolute atomic E-state index is 0.0873. The summed E-state index contributed by atoms with van der Waals surface area (Å²) in [5.41, 5.74) is 1.30. The lowest BCUT2D eigenvalue weighted by atomic mass is 9.88. The van der Waals surface area contributed by atoms with E-state index in [9.17, 15) is 4.79 Å². The Morgan fingerprint density at radius 2 is 2.28 bits per heavy atom. The molecule has 0 fully saturated rings. The maximum atomic E-state index is 12.5. The predicted molar refractivity (Wildman–Crippen MR) is 78.5 cm³/mol. The number of allylic oxidation sites excluding steroid dienone is 1. The second kappa shape index (κ2) is 4.63. The third-order valence-electron chi connectivity index (χ3n) is 3.54. The van der Waals surface area contributed by atoms with E-state index >= 15 is 0 Å². The first kappa shape index (κ1) is 12.1. The van der Waals surface area contributed by atoms with E-state index in [-0.39, 0.29) is 11.8 Å². The molecule has 0 saturated carbocycles. The van der Waals surface area contributed by atoms with E-state index in [1.54, 1.807) is 22.7 Å². The monoisotopic (exact) mass is 278 g/mol. The van der Waals surface area contributed by atoms with Crippen molar-refractivity contribution in [3.63, 3.8) is 0 Å². The highest BCUT2D eigenvalue weighted by Crippen LogP contribution is 2.47. The maximum Gasteiger partial charge on any atom is 0.242 e. The summed E-state index contributed by atoms with van der Waals surface area (Å²) >= 11 is 6.87. The van der Waals surface area contributed by atoms with Gasteiger partial charge in [-0.1, -0.05) is 17.8 Å². The molecule has 94 valence electrons. The first-order valence-corrected chi connectivity index (χ1v) is 7.39. The SMILES string of the molecule is C=CCN1C(=O)C2C(=NC1=S)SC1=C2CCCC1. The topological polar surface area (TPSA) is 32.7 Å². The Morgan fingerprint density at radius 1 is 1.50 bits per heavy atom. The fraction of sp³-hybridized carbons (Fsp3) is 0.462. The summed E-state index contributed by atoms with van der Waals surface area (Å²) in [5.74, 6) is -0.0544. The Bertz CT molecular complexity index is 507. The third-order valence-corrected chi connectivity index (χ3v) is 5.10. The van der Waals surface area contributed by atoms with Gasteiger partial charge in [0.2, 0.25) is 11.0 Å². The van der Waals surface area contributed by atoms with Crippen molar-refractivity contribution in [1.82, 2.24) is 4.90 Å². The van der Waals surface area contributed by atoms with E-state index in [1.165, 1.54) is 23.3 Å². The van der Waals surface area contributed by atoms with E-state index in [0.29, 0.717) is 11.7 Å². The summed E-state index contributed by atoms with van der Waals surface area (Å²) < 4.78 is 0. The Morgan fingerprint density at radius 3 is 3.06 bits per heavy atom. The highest BCUT2D eigenvalue weighted by molar-refractivity contribution is 8.17. The van der Waals surface area contributed by atoms with E-state index in [2.05, 4.69) is 11.6 Å². The van der Waals surface area contributed by atoms with Gasteiger partial charge in [0.15, 0.2) is 0 Å². The zero-order valence-corrected chi connectivity index (χ0v) is 11.6. The molecule has 1 unspecified atom stereocenters. The van der Waals surface area contributed by atoms with Crippen molar-refractivity contribution in [3.8, 4) is 0 Å². The highest BCUT2D eigenvalue weighted by Gasteiger charge is 2.43. The molecule has 0 aromatic heterocycles. The molecular formula is C13H14N2OS2. The van der Waals surface area contributed by atoms with E-state index in [1.807, 2.05) is 0 Å². The number of fused-ring (bicyclic) bond motifs is 2. The van der Waals surface area contributed by atoms with Crippen molar-refractivity contribution in [3.05, 3.63) is 23.1 Å². The molecule has 0 N–H and O–H groups in total. The van der Waals surface area contributed by atoms with Crippen LogP contribution in [0.1, 0.15) is 25.7 Å². The zero-order chi connectivity index (χ0) is 12.7. The molecule has 3 nitrogen and oxygen atoms in total. The molecule has 3 rings (SSSR count). The van der Waals surface area contributed by atoms with Gasteiger partial charge in [0.25, 0.3) is 0 Å². The van der Waals surface area contributed by atoms with Crippen molar-refractivity contribution < 1.29 is 4.79 Å². The fourth-order valence-electron chi connectivity index (χ4n) is 2.70. The van der Waals surface area contributed by atoms with E-state index in [4.69, 9.17) is 12.2 Å². The molecule has 2 heterocycles. The van der Waals surface area contributed by atoms with E-state index < -0.39 is 0 Å². The molecule has 0 bridgehead atoms. The third kappa shape index (κ3) is 1.77. The number of thioether (sulfide) groups is 1. The average molecular weight is 278 g/mol. The molecule has 0 spiro atoms. The van der Waals surface area contributed by atoms with Gasteiger partial charge in [-0.2, -0.15) is 0 Å². The van der Waals surface area contributed by atoms with Gasteiger partial charge < -0.3 is 0 Å². The summed E-state index contributed by atoms with van der Waals surface area (Å²) in [7, 11) is 0. The lowest BCUT2D eigenvalue weighted by molar-refractivity contribution is -0.128. The molecular weight excluding hydrogens is 264 g/mol. The van der Waals surface area contributed by atoms with Gasteiger partial charge in [-0.15, -0.1) is 6.58 Å². The lowest BCUT2D eigenvalue weighted by Crippen LogP contribution is -2.45. The number of amides is 1. The van der Waals surface area contributed by atoms with Crippen LogP contribution in [0.25, 0.3) is 0 Å². The predicted octanol–water partition coefficient (Wildman–Crippen LogP) is 2.89. The number of hydrogen-bond acceptors (Lipinski definition) is 3. The number of carbonyl (C=O) groups is 1. The van der Waals surface area contributed by atoms with Crippen molar-refractivity contribution in [2.75, 3.05) is 6.54 Å². The van der Waals surface area contributed by atoms with Crippen LogP contribution >= 0.6 is 24.0 Å². The number of hydrogen-bond donors (Lipinski definition) is 0. The number of nitrogens with zero attached hydrogens (tertiary/aromatic N) is 2. The summed E-state index contributed by atoms with van der Waals surface area (Å²) in [6.45, 7) is 4.13. The van der Waals surface area contributed by atoms with Crippen LogP contribution < -0.4 is 0 Å². The number of carbonyl (C=O) groups excluding carboxylic acids is 1. The molecule has 2 aliphatic heterocycles. The van der Waals surface area contributed by atoms with Gasteiger partial charge in [0.05, 0.1) is 5.04 Å². The fourth-order valence-corrected chi connectivity index (χ4v) is 4.36. The molecule has 1 aliphatic carbocycles. The van der Waals surface area contributed by atoms with Crippen LogP contribution in [0, 0.1) is 5.92 Å². The van der Waals surface area contributed by atoms with Crippen molar-refractivity contribution in [2.24, 2.45) is 10.9 Å². The number of rotatable bonds is 2. The second-order valence-electron chi connectivity index (χ2n) is 4.66. The van der Waals surface area contributed by atoms with Gasteiger partial charge in [-0.3, -0.25) is 9.69 Å².